The summed E-state index contributed by atoms with van der Waals surface area (Å²) in [5.41, 5.74) is 1.40. The van der Waals surface area contributed by atoms with Crippen LogP contribution in [0.4, 0.5) is 0 Å². The minimum atomic E-state index is -1.35. The summed E-state index contributed by atoms with van der Waals surface area (Å²) in [6.07, 6.45) is 1.14. The molecule has 144 valence electrons. The number of Topliss-reactive ketones (excluding diaryl/α,β-unsaturated/α-hetero) is 2. The fraction of sp³-hybridized carbons (Fsp3) is 0.227. The summed E-state index contributed by atoms with van der Waals surface area (Å²) in [6.45, 7) is 1.91. The number of rotatable bonds is 7. The van der Waals surface area contributed by atoms with Crippen molar-refractivity contribution >= 4 is 34.1 Å². The Kier molecular flexibility index (Phi) is 6.07. The van der Waals surface area contributed by atoms with Crippen molar-refractivity contribution in [2.24, 2.45) is 0 Å². The summed E-state index contributed by atoms with van der Waals surface area (Å²) in [7, 11) is 1.54. The zero-order valence-electron chi connectivity index (χ0n) is 15.6. The van der Waals surface area contributed by atoms with Gasteiger partial charge in [-0.05, 0) is 30.2 Å². The van der Waals surface area contributed by atoms with Crippen molar-refractivity contribution in [2.45, 2.75) is 25.9 Å². The van der Waals surface area contributed by atoms with Crippen molar-refractivity contribution in [3.8, 4) is 5.75 Å². The van der Waals surface area contributed by atoms with Gasteiger partial charge in [0.15, 0.2) is 11.6 Å². The summed E-state index contributed by atoms with van der Waals surface area (Å²) in [5, 5.41) is 11.3. The van der Waals surface area contributed by atoms with E-state index in [9.17, 15) is 14.7 Å². The van der Waals surface area contributed by atoms with Gasteiger partial charge in [0.1, 0.15) is 11.9 Å². The van der Waals surface area contributed by atoms with Crippen LogP contribution in [0.25, 0.3) is 10.9 Å². The highest BCUT2D eigenvalue weighted by molar-refractivity contribution is 6.39. The number of aromatic nitrogens is 1. The van der Waals surface area contributed by atoms with Gasteiger partial charge in [-0.25, -0.2) is 0 Å². The molecule has 0 spiro atoms. The number of halogens is 1. The lowest BCUT2D eigenvalue weighted by molar-refractivity contribution is 0.0749. The van der Waals surface area contributed by atoms with E-state index < -0.39 is 11.9 Å². The van der Waals surface area contributed by atoms with Crippen molar-refractivity contribution in [3.05, 3.63) is 70.4 Å². The van der Waals surface area contributed by atoms with Gasteiger partial charge in [-0.3, -0.25) is 14.6 Å². The summed E-state index contributed by atoms with van der Waals surface area (Å²) < 4.78 is 5.09. The number of ketones is 2. The first-order valence-corrected chi connectivity index (χ1v) is 9.32. The second kappa shape index (κ2) is 8.50. The van der Waals surface area contributed by atoms with Gasteiger partial charge in [0.05, 0.1) is 23.2 Å². The molecule has 0 saturated carbocycles. The monoisotopic (exact) mass is 397 g/mol. The molecule has 5 nitrogen and oxygen atoms in total. The zero-order valence-corrected chi connectivity index (χ0v) is 16.4. The van der Waals surface area contributed by atoms with Crippen molar-refractivity contribution in [1.82, 2.24) is 4.98 Å². The molecule has 2 aromatic carbocycles. The number of ether oxygens (including phenoxy) is 1. The molecule has 0 aliphatic heterocycles. The summed E-state index contributed by atoms with van der Waals surface area (Å²) in [5.74, 6) is 0.0511. The van der Waals surface area contributed by atoms with Gasteiger partial charge < -0.3 is 9.84 Å². The van der Waals surface area contributed by atoms with Crippen LogP contribution in [0.5, 0.6) is 5.75 Å². The third-order valence-electron chi connectivity index (χ3n) is 4.55. The third-order valence-corrected chi connectivity index (χ3v) is 4.96. The quantitative estimate of drug-likeness (QED) is 0.579. The Labute approximate surface area is 167 Å². The molecular formula is C22H20ClNO4. The number of aliphatic hydroxyl groups excluding tert-OH is 1. The lowest BCUT2D eigenvalue weighted by atomic mass is 9.97. The normalized spacial score (nSPS) is 12.0. The summed E-state index contributed by atoms with van der Waals surface area (Å²) >= 11 is 6.43. The predicted octanol–water partition coefficient (Wildman–Crippen LogP) is 4.80. The molecule has 1 heterocycles. The number of nitrogens with zero attached hydrogens (tertiary/aromatic N) is 1. The van der Waals surface area contributed by atoms with Crippen molar-refractivity contribution < 1.29 is 19.4 Å². The van der Waals surface area contributed by atoms with E-state index in [1.807, 2.05) is 6.92 Å². The predicted molar refractivity (Wildman–Crippen MR) is 108 cm³/mol. The Hall–Kier alpha value is -2.76. The first-order valence-electron chi connectivity index (χ1n) is 8.94. The van der Waals surface area contributed by atoms with Crippen molar-refractivity contribution in [1.29, 1.82) is 0 Å². The molecule has 0 fully saturated rings. The van der Waals surface area contributed by atoms with Crippen LogP contribution < -0.4 is 4.74 Å². The van der Waals surface area contributed by atoms with Crippen molar-refractivity contribution in [3.63, 3.8) is 0 Å². The van der Waals surface area contributed by atoms with E-state index in [4.69, 9.17) is 16.3 Å². The lowest BCUT2D eigenvalue weighted by Gasteiger charge is -2.13. The number of hydrogen-bond acceptors (Lipinski definition) is 5. The maximum absolute atomic E-state index is 12.9. The Morgan fingerprint density at radius 1 is 1.14 bits per heavy atom. The van der Waals surface area contributed by atoms with Crippen LogP contribution in [-0.2, 0) is 0 Å². The first-order chi connectivity index (χ1) is 13.5. The van der Waals surface area contributed by atoms with E-state index in [1.165, 1.54) is 6.20 Å². The highest BCUT2D eigenvalue weighted by Gasteiger charge is 2.23. The molecule has 0 amide bonds. The Morgan fingerprint density at radius 2 is 1.86 bits per heavy atom. The average molecular weight is 398 g/mol. The van der Waals surface area contributed by atoms with Crippen LogP contribution in [0, 0.1) is 0 Å². The molecule has 0 saturated heterocycles. The topological polar surface area (TPSA) is 76.5 Å². The number of hydrogen-bond donors (Lipinski definition) is 1. The van der Waals surface area contributed by atoms with Gasteiger partial charge >= 0.3 is 0 Å². The largest absolute Gasteiger partial charge is 0.497 e. The van der Waals surface area contributed by atoms with Crippen LogP contribution in [-0.4, -0.2) is 28.8 Å². The molecule has 1 aromatic heterocycles. The second-order valence-electron chi connectivity index (χ2n) is 6.40. The summed E-state index contributed by atoms with van der Waals surface area (Å²) in [6, 6.07) is 11.6. The van der Waals surface area contributed by atoms with E-state index >= 15 is 0 Å². The Bertz CT molecular complexity index is 1030. The third kappa shape index (κ3) is 3.77. The van der Waals surface area contributed by atoms with E-state index in [-0.39, 0.29) is 16.4 Å². The van der Waals surface area contributed by atoms with E-state index in [0.29, 0.717) is 40.6 Å². The second-order valence-corrected chi connectivity index (χ2v) is 6.78. The van der Waals surface area contributed by atoms with Gasteiger partial charge in [0.2, 0.25) is 0 Å². The van der Waals surface area contributed by atoms with Gasteiger partial charge in [-0.2, -0.15) is 0 Å². The van der Waals surface area contributed by atoms with Crippen LogP contribution in [0.2, 0.25) is 5.02 Å². The number of fused-ring (bicyclic) bond motifs is 1. The minimum Gasteiger partial charge on any atom is -0.497 e. The number of carbonyl (C=O) groups is 2. The molecule has 6 heteroatoms. The molecular weight excluding hydrogens is 378 g/mol. The SMILES string of the molecule is CCCC(=O)c1cnc2c(C(=O)C(O)c3ccc(OC)cc3)cccc2c1Cl. The Morgan fingerprint density at radius 3 is 2.50 bits per heavy atom. The standard InChI is InChI=1S/C22H20ClNO4/c1-3-5-18(25)17-12-24-20-15(19(17)23)6-4-7-16(20)22(27)21(26)13-8-10-14(28-2)11-9-13/h4,6-12,21,26H,3,5H2,1-2H3. The molecule has 3 aromatic rings. The molecule has 0 aliphatic carbocycles. The maximum atomic E-state index is 12.9. The highest BCUT2D eigenvalue weighted by atomic mass is 35.5. The van der Waals surface area contributed by atoms with Gasteiger partial charge in [-0.15, -0.1) is 0 Å². The number of benzene rings is 2. The fourth-order valence-corrected chi connectivity index (χ4v) is 3.34. The van der Waals surface area contributed by atoms with Crippen LogP contribution in [0.15, 0.2) is 48.7 Å². The van der Waals surface area contributed by atoms with E-state index in [2.05, 4.69) is 4.98 Å². The first kappa shape index (κ1) is 20.0. The van der Waals surface area contributed by atoms with Crippen LogP contribution >= 0.6 is 11.6 Å². The molecule has 1 N–H and O–H groups in total. The molecule has 1 atom stereocenters. The Balaban J connectivity index is 2.01. The van der Waals surface area contributed by atoms with Gasteiger partial charge in [0, 0.05) is 23.6 Å². The van der Waals surface area contributed by atoms with Gasteiger partial charge in [0.25, 0.3) is 0 Å². The molecule has 0 radical (unpaired) electrons. The van der Waals surface area contributed by atoms with Gasteiger partial charge in [-0.1, -0.05) is 42.8 Å². The van der Waals surface area contributed by atoms with Crippen LogP contribution in [0.1, 0.15) is 52.1 Å². The number of methoxy groups -OCH3 is 1. The lowest BCUT2D eigenvalue weighted by Crippen LogP contribution is -2.13. The van der Waals surface area contributed by atoms with Crippen LogP contribution in [0.3, 0.4) is 0 Å². The molecule has 1 unspecified atom stereocenters. The zero-order chi connectivity index (χ0) is 20.3. The van der Waals surface area contributed by atoms with E-state index in [1.54, 1.807) is 49.6 Å². The molecule has 0 bridgehead atoms. The highest BCUT2D eigenvalue weighted by Crippen LogP contribution is 2.31. The number of pyridine rings is 1. The molecule has 3 rings (SSSR count). The smallest absolute Gasteiger partial charge is 0.198 e. The molecule has 28 heavy (non-hydrogen) atoms. The minimum absolute atomic E-state index is 0.0862. The average Bonchev–Trinajstić information content (AvgIpc) is 2.73. The number of carbonyl (C=O) groups excluding carboxylic acids is 2. The van der Waals surface area contributed by atoms with Crippen molar-refractivity contribution in [2.75, 3.05) is 7.11 Å². The van der Waals surface area contributed by atoms with E-state index in [0.717, 1.165) is 0 Å². The maximum Gasteiger partial charge on any atom is 0.198 e. The molecule has 0 aliphatic rings. The fourth-order valence-electron chi connectivity index (χ4n) is 3.03. The number of para-hydroxylation sites is 1. The number of aliphatic hydroxyl groups is 1. The summed E-state index contributed by atoms with van der Waals surface area (Å²) in [4.78, 5) is 29.5.